The van der Waals surface area contributed by atoms with Gasteiger partial charge < -0.3 is 10.1 Å². The molecule has 0 aliphatic rings. The van der Waals surface area contributed by atoms with E-state index in [1.165, 1.54) is 25.3 Å². The second kappa shape index (κ2) is 5.67. The minimum atomic E-state index is -0.668. The first-order chi connectivity index (χ1) is 9.11. The molecule has 0 saturated carbocycles. The molecule has 0 atom stereocenters. The topological polar surface area (TPSA) is 51.2 Å². The van der Waals surface area contributed by atoms with Gasteiger partial charge in [0.15, 0.2) is 0 Å². The van der Waals surface area contributed by atoms with Crippen LogP contribution >= 0.6 is 11.6 Å². The summed E-state index contributed by atoms with van der Waals surface area (Å²) in [5.41, 5.74) is -0.174. The van der Waals surface area contributed by atoms with E-state index in [2.05, 4.69) is 10.3 Å². The number of halogens is 2. The molecule has 0 spiro atoms. The Morgan fingerprint density at radius 1 is 1.32 bits per heavy atom. The lowest BCUT2D eigenvalue weighted by atomic mass is 10.1. The molecular weight excluding hydrogens is 271 g/mol. The van der Waals surface area contributed by atoms with Crippen molar-refractivity contribution in [3.05, 3.63) is 52.9 Å². The van der Waals surface area contributed by atoms with Gasteiger partial charge in [-0.25, -0.2) is 9.37 Å². The molecule has 1 amide bonds. The summed E-state index contributed by atoms with van der Waals surface area (Å²) in [7, 11) is 1.36. The Hall–Kier alpha value is -2.14. The van der Waals surface area contributed by atoms with Crippen LogP contribution < -0.4 is 10.1 Å². The van der Waals surface area contributed by atoms with Crippen LogP contribution in [-0.2, 0) is 0 Å². The standard InChI is InChI=1S/C13H10ClFN2O2/c1-19-9-5-2-4-8(15)12(9)13(18)17-11-7-3-6-10(14)16-11/h2-7H,1H3,(H,16,17,18). The molecule has 0 fully saturated rings. The van der Waals surface area contributed by atoms with Crippen LogP contribution in [0.3, 0.4) is 0 Å². The Balaban J connectivity index is 2.30. The van der Waals surface area contributed by atoms with Gasteiger partial charge in [0.25, 0.3) is 5.91 Å². The van der Waals surface area contributed by atoms with Crippen molar-refractivity contribution in [2.24, 2.45) is 0 Å². The number of aromatic nitrogens is 1. The summed E-state index contributed by atoms with van der Waals surface area (Å²) in [5, 5.41) is 2.69. The normalized spacial score (nSPS) is 10.1. The van der Waals surface area contributed by atoms with E-state index in [4.69, 9.17) is 16.3 Å². The third-order valence-corrected chi connectivity index (χ3v) is 2.59. The van der Waals surface area contributed by atoms with Gasteiger partial charge in [0, 0.05) is 0 Å². The predicted molar refractivity (Wildman–Crippen MR) is 70.2 cm³/mol. The first kappa shape index (κ1) is 13.3. The Labute approximate surface area is 114 Å². The summed E-state index contributed by atoms with van der Waals surface area (Å²) in [6, 6.07) is 8.90. The van der Waals surface area contributed by atoms with Crippen LogP contribution in [0.25, 0.3) is 0 Å². The number of nitrogens with one attached hydrogen (secondary N) is 1. The molecule has 1 aromatic carbocycles. The van der Waals surface area contributed by atoms with E-state index < -0.39 is 11.7 Å². The van der Waals surface area contributed by atoms with Crippen LogP contribution in [0.15, 0.2) is 36.4 Å². The van der Waals surface area contributed by atoms with Crippen LogP contribution in [-0.4, -0.2) is 18.0 Å². The number of methoxy groups -OCH3 is 1. The second-order valence-electron chi connectivity index (χ2n) is 3.62. The van der Waals surface area contributed by atoms with E-state index in [0.717, 1.165) is 0 Å². The molecule has 1 N–H and O–H groups in total. The number of anilines is 1. The molecule has 2 aromatic rings. The third-order valence-electron chi connectivity index (χ3n) is 2.38. The first-order valence-corrected chi connectivity index (χ1v) is 5.76. The van der Waals surface area contributed by atoms with Crippen molar-refractivity contribution >= 4 is 23.3 Å². The smallest absolute Gasteiger partial charge is 0.263 e. The van der Waals surface area contributed by atoms with E-state index in [1.54, 1.807) is 18.2 Å². The lowest BCUT2D eigenvalue weighted by Gasteiger charge is -2.09. The molecule has 0 aliphatic heterocycles. The number of hydrogen-bond acceptors (Lipinski definition) is 3. The van der Waals surface area contributed by atoms with Crippen molar-refractivity contribution in [3.8, 4) is 5.75 Å². The molecule has 1 heterocycles. The van der Waals surface area contributed by atoms with Crippen molar-refractivity contribution < 1.29 is 13.9 Å². The second-order valence-corrected chi connectivity index (χ2v) is 4.00. The zero-order valence-electron chi connectivity index (χ0n) is 9.98. The van der Waals surface area contributed by atoms with Gasteiger partial charge in [-0.05, 0) is 24.3 Å². The Kier molecular flexibility index (Phi) is 3.97. The Bertz CT molecular complexity index is 619. The summed E-state index contributed by atoms with van der Waals surface area (Å²) >= 11 is 5.70. The number of ether oxygens (including phenoxy) is 1. The summed E-state index contributed by atoms with van der Waals surface area (Å²) in [6.45, 7) is 0. The number of nitrogens with zero attached hydrogens (tertiary/aromatic N) is 1. The lowest BCUT2D eigenvalue weighted by molar-refractivity contribution is 0.101. The van der Waals surface area contributed by atoms with Gasteiger partial charge in [-0.3, -0.25) is 4.79 Å². The predicted octanol–water partition coefficient (Wildman–Crippen LogP) is 3.14. The number of hydrogen-bond donors (Lipinski definition) is 1. The SMILES string of the molecule is COc1cccc(F)c1C(=O)Nc1cccc(Cl)n1. The average molecular weight is 281 g/mol. The van der Waals surface area contributed by atoms with Crippen molar-refractivity contribution in [1.82, 2.24) is 4.98 Å². The summed E-state index contributed by atoms with van der Waals surface area (Å²) in [4.78, 5) is 15.9. The number of carbonyl (C=O) groups excluding carboxylic acids is 1. The summed E-state index contributed by atoms with van der Waals surface area (Å²) < 4.78 is 18.6. The van der Waals surface area contributed by atoms with Crippen molar-refractivity contribution in [2.45, 2.75) is 0 Å². The van der Waals surface area contributed by atoms with E-state index in [9.17, 15) is 9.18 Å². The highest BCUT2D eigenvalue weighted by Gasteiger charge is 2.17. The van der Waals surface area contributed by atoms with Crippen molar-refractivity contribution in [1.29, 1.82) is 0 Å². The van der Waals surface area contributed by atoms with E-state index in [-0.39, 0.29) is 22.3 Å². The maximum atomic E-state index is 13.7. The molecule has 0 aliphatic carbocycles. The van der Waals surface area contributed by atoms with Crippen LogP contribution in [0, 0.1) is 5.82 Å². The minimum Gasteiger partial charge on any atom is -0.496 e. The van der Waals surface area contributed by atoms with Crippen LogP contribution in [0.4, 0.5) is 10.2 Å². The molecule has 0 radical (unpaired) electrons. The molecule has 0 bridgehead atoms. The molecule has 98 valence electrons. The molecule has 0 saturated heterocycles. The number of benzene rings is 1. The monoisotopic (exact) mass is 280 g/mol. The quantitative estimate of drug-likeness (QED) is 0.879. The molecule has 6 heteroatoms. The fraction of sp³-hybridized carbons (Fsp3) is 0.0769. The number of amides is 1. The highest BCUT2D eigenvalue weighted by molar-refractivity contribution is 6.29. The molecule has 4 nitrogen and oxygen atoms in total. The number of rotatable bonds is 3. The summed E-state index contributed by atoms with van der Waals surface area (Å²) in [6.07, 6.45) is 0. The maximum absolute atomic E-state index is 13.7. The molecule has 19 heavy (non-hydrogen) atoms. The van der Waals surface area contributed by atoms with Crippen LogP contribution in [0.1, 0.15) is 10.4 Å². The highest BCUT2D eigenvalue weighted by atomic mass is 35.5. The van der Waals surface area contributed by atoms with Crippen LogP contribution in [0.2, 0.25) is 5.15 Å². The van der Waals surface area contributed by atoms with Gasteiger partial charge in [-0.2, -0.15) is 0 Å². The zero-order valence-corrected chi connectivity index (χ0v) is 10.7. The van der Waals surface area contributed by atoms with Gasteiger partial charge in [-0.1, -0.05) is 23.7 Å². The Morgan fingerprint density at radius 2 is 2.05 bits per heavy atom. The summed E-state index contributed by atoms with van der Waals surface area (Å²) in [5.74, 6) is -0.925. The maximum Gasteiger partial charge on any atom is 0.263 e. The highest BCUT2D eigenvalue weighted by Crippen LogP contribution is 2.22. The molecule has 1 aromatic heterocycles. The largest absolute Gasteiger partial charge is 0.496 e. The number of carbonyl (C=O) groups is 1. The van der Waals surface area contributed by atoms with Crippen molar-refractivity contribution in [3.63, 3.8) is 0 Å². The van der Waals surface area contributed by atoms with Gasteiger partial charge in [0.05, 0.1) is 7.11 Å². The fourth-order valence-electron chi connectivity index (χ4n) is 1.55. The Morgan fingerprint density at radius 3 is 2.74 bits per heavy atom. The van der Waals surface area contributed by atoms with Crippen molar-refractivity contribution in [2.75, 3.05) is 12.4 Å². The molecule has 2 rings (SSSR count). The van der Waals surface area contributed by atoms with Gasteiger partial charge in [0.1, 0.15) is 28.1 Å². The molecular formula is C13H10ClFN2O2. The fourth-order valence-corrected chi connectivity index (χ4v) is 1.72. The number of pyridine rings is 1. The molecule has 0 unspecified atom stereocenters. The van der Waals surface area contributed by atoms with Gasteiger partial charge >= 0.3 is 0 Å². The lowest BCUT2D eigenvalue weighted by Crippen LogP contribution is -2.16. The van der Waals surface area contributed by atoms with E-state index >= 15 is 0 Å². The average Bonchev–Trinajstić information content (AvgIpc) is 2.38. The zero-order chi connectivity index (χ0) is 13.8. The minimum absolute atomic E-state index is 0.152. The van der Waals surface area contributed by atoms with E-state index in [0.29, 0.717) is 0 Å². The van der Waals surface area contributed by atoms with Gasteiger partial charge in [0.2, 0.25) is 0 Å². The third kappa shape index (κ3) is 3.00. The van der Waals surface area contributed by atoms with Gasteiger partial charge in [-0.15, -0.1) is 0 Å². The van der Waals surface area contributed by atoms with Crippen LogP contribution in [0.5, 0.6) is 5.75 Å². The first-order valence-electron chi connectivity index (χ1n) is 5.38. The van der Waals surface area contributed by atoms with E-state index in [1.807, 2.05) is 0 Å².